The van der Waals surface area contributed by atoms with Crippen LogP contribution in [0.3, 0.4) is 0 Å². The van der Waals surface area contributed by atoms with Crippen molar-refractivity contribution in [3.8, 4) is 0 Å². The van der Waals surface area contributed by atoms with Gasteiger partial charge in [-0.2, -0.15) is 0 Å². The molecule has 0 bridgehead atoms. The largest absolute Gasteiger partial charge is 0.479 e. The molecule has 0 saturated heterocycles. The van der Waals surface area contributed by atoms with Crippen molar-refractivity contribution in [2.75, 3.05) is 0 Å². The Morgan fingerprint density at radius 1 is 1.38 bits per heavy atom. The maximum absolute atomic E-state index is 10.9. The van der Waals surface area contributed by atoms with Crippen molar-refractivity contribution in [1.82, 2.24) is 0 Å². The molecule has 0 aromatic rings. The third-order valence-corrected chi connectivity index (χ3v) is 1.64. The van der Waals surface area contributed by atoms with E-state index in [0.717, 1.165) is 19.3 Å². The molecule has 4 heteroatoms. The van der Waals surface area contributed by atoms with Gasteiger partial charge in [-0.25, -0.2) is 4.79 Å². The molecule has 0 radical (unpaired) electrons. The second kappa shape index (κ2) is 6.46. The number of rotatable bonds is 6. The first-order valence-electron chi connectivity index (χ1n) is 4.50. The number of esters is 1. The molecule has 0 spiro atoms. The summed E-state index contributed by atoms with van der Waals surface area (Å²) in [4.78, 5) is 21.2. The van der Waals surface area contributed by atoms with Crippen molar-refractivity contribution in [2.45, 2.75) is 45.6 Å². The Bertz CT molecular complexity index is 176. The molecular formula is C9H16O4. The zero-order valence-corrected chi connectivity index (χ0v) is 8.08. The minimum atomic E-state index is -1.11. The molecule has 0 aliphatic rings. The van der Waals surface area contributed by atoms with Gasteiger partial charge in [-0.1, -0.05) is 19.8 Å². The lowest BCUT2D eigenvalue weighted by Crippen LogP contribution is -2.23. The van der Waals surface area contributed by atoms with Crippen LogP contribution in [0.2, 0.25) is 0 Å². The van der Waals surface area contributed by atoms with Gasteiger partial charge in [0, 0.05) is 6.42 Å². The van der Waals surface area contributed by atoms with Crippen LogP contribution in [-0.2, 0) is 14.3 Å². The fourth-order valence-corrected chi connectivity index (χ4v) is 0.826. The summed E-state index contributed by atoms with van der Waals surface area (Å²) in [6.07, 6.45) is 2.04. The molecule has 0 aliphatic carbocycles. The van der Waals surface area contributed by atoms with Crippen LogP contribution in [0.4, 0.5) is 0 Å². The van der Waals surface area contributed by atoms with E-state index in [1.54, 1.807) is 0 Å². The molecule has 1 N–H and O–H groups in total. The molecule has 1 unspecified atom stereocenters. The van der Waals surface area contributed by atoms with E-state index in [4.69, 9.17) is 5.11 Å². The molecule has 4 nitrogen and oxygen atoms in total. The number of carboxylic acids is 1. The first-order chi connectivity index (χ1) is 6.07. The zero-order valence-electron chi connectivity index (χ0n) is 8.08. The van der Waals surface area contributed by atoms with E-state index in [2.05, 4.69) is 4.74 Å². The van der Waals surface area contributed by atoms with E-state index in [1.807, 2.05) is 6.92 Å². The van der Waals surface area contributed by atoms with Crippen LogP contribution in [0, 0.1) is 0 Å². The van der Waals surface area contributed by atoms with Crippen LogP contribution in [-0.4, -0.2) is 23.1 Å². The number of ether oxygens (including phenoxy) is 1. The number of carboxylic acid groups (broad SMARTS) is 1. The van der Waals surface area contributed by atoms with Crippen molar-refractivity contribution in [1.29, 1.82) is 0 Å². The van der Waals surface area contributed by atoms with Crippen molar-refractivity contribution in [2.24, 2.45) is 0 Å². The first-order valence-corrected chi connectivity index (χ1v) is 4.50. The van der Waals surface area contributed by atoms with Gasteiger partial charge in [-0.3, -0.25) is 4.79 Å². The third-order valence-electron chi connectivity index (χ3n) is 1.64. The van der Waals surface area contributed by atoms with E-state index in [0.29, 0.717) is 6.42 Å². The Labute approximate surface area is 77.9 Å². The molecular weight excluding hydrogens is 172 g/mol. The molecule has 0 saturated carbocycles. The van der Waals surface area contributed by atoms with Crippen molar-refractivity contribution < 1.29 is 19.4 Å². The number of carbonyl (C=O) groups excluding carboxylic acids is 1. The van der Waals surface area contributed by atoms with Gasteiger partial charge in [-0.05, 0) is 13.3 Å². The Morgan fingerprint density at radius 2 is 2.00 bits per heavy atom. The lowest BCUT2D eigenvalue weighted by Gasteiger charge is -2.07. The monoisotopic (exact) mass is 188 g/mol. The van der Waals surface area contributed by atoms with E-state index in [9.17, 15) is 9.59 Å². The van der Waals surface area contributed by atoms with Crippen LogP contribution in [0.25, 0.3) is 0 Å². The Morgan fingerprint density at radius 3 is 2.46 bits per heavy atom. The molecule has 13 heavy (non-hydrogen) atoms. The van der Waals surface area contributed by atoms with Gasteiger partial charge in [0.25, 0.3) is 0 Å². The van der Waals surface area contributed by atoms with Crippen LogP contribution >= 0.6 is 0 Å². The molecule has 0 rings (SSSR count). The molecule has 0 fully saturated rings. The van der Waals surface area contributed by atoms with E-state index in [-0.39, 0.29) is 0 Å². The Balaban J connectivity index is 3.56. The zero-order chi connectivity index (χ0) is 10.3. The van der Waals surface area contributed by atoms with Crippen molar-refractivity contribution in [3.05, 3.63) is 0 Å². The number of carbonyl (C=O) groups is 2. The number of aliphatic carboxylic acids is 1. The summed E-state index contributed by atoms with van der Waals surface area (Å²) in [5, 5.41) is 8.43. The molecule has 0 aromatic carbocycles. The van der Waals surface area contributed by atoms with E-state index in [1.165, 1.54) is 6.92 Å². The summed E-state index contributed by atoms with van der Waals surface area (Å²) in [6, 6.07) is 0. The fraction of sp³-hybridized carbons (Fsp3) is 0.778. The number of unbranched alkanes of at least 4 members (excludes halogenated alkanes) is 2. The fourth-order valence-electron chi connectivity index (χ4n) is 0.826. The van der Waals surface area contributed by atoms with Crippen LogP contribution in [0.5, 0.6) is 0 Å². The molecule has 76 valence electrons. The van der Waals surface area contributed by atoms with E-state index < -0.39 is 18.0 Å². The summed E-state index contributed by atoms with van der Waals surface area (Å²) in [7, 11) is 0. The lowest BCUT2D eigenvalue weighted by atomic mass is 10.2. The van der Waals surface area contributed by atoms with Crippen LogP contribution in [0.15, 0.2) is 0 Å². The summed E-state index contributed by atoms with van der Waals surface area (Å²) in [5.74, 6) is -1.54. The number of hydrogen-bond donors (Lipinski definition) is 1. The van der Waals surface area contributed by atoms with Gasteiger partial charge in [0.15, 0.2) is 6.10 Å². The minimum absolute atomic E-state index is 0.311. The highest BCUT2D eigenvalue weighted by atomic mass is 16.6. The Kier molecular flexibility index (Phi) is 5.93. The number of hydrogen-bond acceptors (Lipinski definition) is 3. The molecule has 0 aromatic heterocycles. The van der Waals surface area contributed by atoms with Crippen LogP contribution in [0.1, 0.15) is 39.5 Å². The van der Waals surface area contributed by atoms with Gasteiger partial charge >= 0.3 is 11.9 Å². The SMILES string of the molecule is CCCCCC(=O)OC(C)C(=O)O. The predicted molar refractivity (Wildman–Crippen MR) is 47.3 cm³/mol. The van der Waals surface area contributed by atoms with Gasteiger partial charge in [-0.15, -0.1) is 0 Å². The molecule has 0 amide bonds. The average Bonchev–Trinajstić information content (AvgIpc) is 2.04. The maximum Gasteiger partial charge on any atom is 0.344 e. The van der Waals surface area contributed by atoms with Gasteiger partial charge < -0.3 is 9.84 Å². The van der Waals surface area contributed by atoms with Gasteiger partial charge in [0.05, 0.1) is 0 Å². The first kappa shape index (κ1) is 11.9. The predicted octanol–water partition coefficient (Wildman–Crippen LogP) is 1.58. The molecule has 0 heterocycles. The Hall–Kier alpha value is -1.06. The second-order valence-corrected chi connectivity index (χ2v) is 2.93. The minimum Gasteiger partial charge on any atom is -0.479 e. The van der Waals surface area contributed by atoms with Gasteiger partial charge in [0.1, 0.15) is 0 Å². The normalized spacial score (nSPS) is 12.2. The second-order valence-electron chi connectivity index (χ2n) is 2.93. The topological polar surface area (TPSA) is 63.6 Å². The lowest BCUT2D eigenvalue weighted by molar-refractivity contribution is -0.162. The maximum atomic E-state index is 10.9. The van der Waals surface area contributed by atoms with E-state index >= 15 is 0 Å². The van der Waals surface area contributed by atoms with Crippen molar-refractivity contribution >= 4 is 11.9 Å². The van der Waals surface area contributed by atoms with Crippen LogP contribution < -0.4 is 0 Å². The third kappa shape index (κ3) is 6.13. The summed E-state index contributed by atoms with van der Waals surface area (Å²) >= 11 is 0. The highest BCUT2D eigenvalue weighted by Crippen LogP contribution is 2.02. The summed E-state index contributed by atoms with van der Waals surface area (Å²) in [5.41, 5.74) is 0. The highest BCUT2D eigenvalue weighted by Gasteiger charge is 2.15. The highest BCUT2D eigenvalue weighted by molar-refractivity contribution is 5.77. The van der Waals surface area contributed by atoms with Gasteiger partial charge in [0.2, 0.25) is 0 Å². The quantitative estimate of drug-likeness (QED) is 0.507. The molecule has 1 atom stereocenters. The average molecular weight is 188 g/mol. The summed E-state index contributed by atoms with van der Waals surface area (Å²) in [6.45, 7) is 3.38. The molecule has 0 aliphatic heterocycles. The smallest absolute Gasteiger partial charge is 0.344 e. The van der Waals surface area contributed by atoms with Crippen molar-refractivity contribution in [3.63, 3.8) is 0 Å². The standard InChI is InChI=1S/C9H16O4/c1-3-4-5-6-8(10)13-7(2)9(11)12/h7H,3-6H2,1-2H3,(H,11,12). The summed E-state index contributed by atoms with van der Waals surface area (Å²) < 4.78 is 4.62.